The molecule has 0 saturated heterocycles. The highest BCUT2D eigenvalue weighted by atomic mass is 16.1. The lowest BCUT2D eigenvalue weighted by Gasteiger charge is -2.06. The Morgan fingerprint density at radius 3 is 2.40 bits per heavy atom. The Balaban J connectivity index is 2.64. The molecule has 0 atom stereocenters. The van der Waals surface area contributed by atoms with Gasteiger partial charge in [0, 0.05) is 12.8 Å². The number of rotatable bonds is 5. The predicted octanol–water partition coefficient (Wildman–Crippen LogP) is 3.50. The summed E-state index contributed by atoms with van der Waals surface area (Å²) in [7, 11) is 0. The van der Waals surface area contributed by atoms with Crippen LogP contribution < -0.4 is 0 Å². The largest absolute Gasteiger partial charge is 0.299 e. The second-order valence-corrected chi connectivity index (χ2v) is 4.10. The normalized spacial score (nSPS) is 10.3. The van der Waals surface area contributed by atoms with Crippen molar-refractivity contribution in [3.63, 3.8) is 0 Å². The molecular formula is C14H18O. The molecule has 15 heavy (non-hydrogen) atoms. The summed E-state index contributed by atoms with van der Waals surface area (Å²) in [5, 5.41) is 0. The molecule has 1 aromatic rings. The maximum absolute atomic E-state index is 11.4. The highest BCUT2D eigenvalue weighted by Crippen LogP contribution is 2.15. The van der Waals surface area contributed by atoms with Gasteiger partial charge in [-0.1, -0.05) is 44.2 Å². The first-order valence-corrected chi connectivity index (χ1v) is 5.35. The Kier molecular flexibility index (Phi) is 4.29. The zero-order valence-corrected chi connectivity index (χ0v) is 9.49. The smallest absolute Gasteiger partial charge is 0.140 e. The van der Waals surface area contributed by atoms with Gasteiger partial charge in [-0.3, -0.25) is 4.79 Å². The maximum Gasteiger partial charge on any atom is 0.140 e. The van der Waals surface area contributed by atoms with Gasteiger partial charge in [0.2, 0.25) is 0 Å². The number of hydrogen-bond acceptors (Lipinski definition) is 1. The molecule has 0 amide bonds. The first-order chi connectivity index (χ1) is 7.13. The van der Waals surface area contributed by atoms with Gasteiger partial charge in [0.25, 0.3) is 0 Å². The molecule has 0 unspecified atom stereocenters. The van der Waals surface area contributed by atoms with Gasteiger partial charge in [-0.05, 0) is 17.0 Å². The second kappa shape index (κ2) is 5.50. The minimum absolute atomic E-state index is 0.224. The minimum atomic E-state index is 0.224. The van der Waals surface area contributed by atoms with Gasteiger partial charge < -0.3 is 0 Å². The van der Waals surface area contributed by atoms with Crippen molar-refractivity contribution in [1.82, 2.24) is 0 Å². The number of carbonyl (C=O) groups is 1. The van der Waals surface area contributed by atoms with Crippen molar-refractivity contribution in [1.29, 1.82) is 0 Å². The third-order valence-corrected chi connectivity index (χ3v) is 2.42. The number of carbonyl (C=O) groups excluding carboxylic acids is 1. The van der Waals surface area contributed by atoms with Crippen LogP contribution in [0.1, 0.15) is 37.3 Å². The molecular weight excluding hydrogens is 184 g/mol. The lowest BCUT2D eigenvalue weighted by molar-refractivity contribution is -0.117. The highest BCUT2D eigenvalue weighted by Gasteiger charge is 2.02. The van der Waals surface area contributed by atoms with Crippen LogP contribution in [0, 0.1) is 0 Å². The van der Waals surface area contributed by atoms with Crippen LogP contribution in [0.5, 0.6) is 0 Å². The van der Waals surface area contributed by atoms with E-state index in [1.54, 1.807) is 6.08 Å². The summed E-state index contributed by atoms with van der Waals surface area (Å²) in [5.41, 5.74) is 2.40. The third kappa shape index (κ3) is 3.70. The summed E-state index contributed by atoms with van der Waals surface area (Å²) in [6.45, 7) is 7.89. The Morgan fingerprint density at radius 1 is 1.33 bits per heavy atom. The molecule has 0 spiro atoms. The van der Waals surface area contributed by atoms with Gasteiger partial charge >= 0.3 is 0 Å². The number of ketones is 1. The van der Waals surface area contributed by atoms with Gasteiger partial charge in [-0.2, -0.15) is 0 Å². The summed E-state index contributed by atoms with van der Waals surface area (Å²) >= 11 is 0. The molecule has 0 heterocycles. The summed E-state index contributed by atoms with van der Waals surface area (Å²) in [6, 6.07) is 8.27. The number of Topliss-reactive ketones (excluding diaryl/α,β-unsaturated/α-hetero) is 1. The van der Waals surface area contributed by atoms with Gasteiger partial charge in [0.05, 0.1) is 0 Å². The summed E-state index contributed by atoms with van der Waals surface area (Å²) in [6.07, 6.45) is 2.64. The molecule has 0 bridgehead atoms. The Bertz CT molecular complexity index is 333. The fourth-order valence-corrected chi connectivity index (χ4v) is 1.48. The van der Waals surface area contributed by atoms with Crippen molar-refractivity contribution in [2.75, 3.05) is 0 Å². The van der Waals surface area contributed by atoms with E-state index in [1.807, 2.05) is 12.1 Å². The lowest BCUT2D eigenvalue weighted by atomic mass is 9.99. The van der Waals surface area contributed by atoms with Crippen molar-refractivity contribution in [2.24, 2.45) is 0 Å². The Morgan fingerprint density at radius 2 is 1.93 bits per heavy atom. The summed E-state index contributed by atoms with van der Waals surface area (Å²) in [4.78, 5) is 11.4. The molecule has 1 aromatic carbocycles. The maximum atomic E-state index is 11.4. The molecule has 0 fully saturated rings. The number of benzene rings is 1. The third-order valence-electron chi connectivity index (χ3n) is 2.42. The fraction of sp³-hybridized carbons (Fsp3) is 0.357. The minimum Gasteiger partial charge on any atom is -0.299 e. The first kappa shape index (κ1) is 11.7. The Hall–Kier alpha value is -1.37. The monoisotopic (exact) mass is 202 g/mol. The molecule has 0 saturated carbocycles. The average molecular weight is 202 g/mol. The molecule has 0 aliphatic carbocycles. The van der Waals surface area contributed by atoms with Crippen LogP contribution >= 0.6 is 0 Å². The van der Waals surface area contributed by atoms with E-state index in [4.69, 9.17) is 0 Å². The molecule has 0 aliphatic rings. The summed E-state index contributed by atoms with van der Waals surface area (Å²) in [5.74, 6) is 0.769. The highest BCUT2D eigenvalue weighted by molar-refractivity contribution is 5.82. The number of hydrogen-bond donors (Lipinski definition) is 0. The van der Waals surface area contributed by atoms with Crippen LogP contribution in [0.25, 0.3) is 0 Å². The molecule has 80 valence electrons. The number of allylic oxidation sites excluding steroid dienone is 1. The van der Waals surface area contributed by atoms with Crippen molar-refractivity contribution in [2.45, 2.75) is 32.6 Å². The summed E-state index contributed by atoms with van der Waals surface area (Å²) < 4.78 is 0. The van der Waals surface area contributed by atoms with Crippen LogP contribution in [-0.2, 0) is 11.2 Å². The topological polar surface area (TPSA) is 17.1 Å². The van der Waals surface area contributed by atoms with E-state index in [1.165, 1.54) is 5.56 Å². The molecule has 0 aliphatic heterocycles. The predicted molar refractivity (Wildman–Crippen MR) is 64.1 cm³/mol. The molecule has 1 heteroatoms. The van der Waals surface area contributed by atoms with Crippen LogP contribution in [0.3, 0.4) is 0 Å². The van der Waals surface area contributed by atoms with Crippen molar-refractivity contribution < 1.29 is 4.79 Å². The van der Waals surface area contributed by atoms with Crippen molar-refractivity contribution in [3.8, 4) is 0 Å². The Labute approximate surface area is 91.8 Å². The van der Waals surface area contributed by atoms with E-state index in [9.17, 15) is 4.79 Å². The molecule has 1 rings (SSSR count). The molecule has 0 N–H and O–H groups in total. The molecule has 0 aromatic heterocycles. The quantitative estimate of drug-likeness (QED) is 0.668. The van der Waals surface area contributed by atoms with Crippen LogP contribution in [0.4, 0.5) is 0 Å². The van der Waals surface area contributed by atoms with Gasteiger partial charge in [-0.15, -0.1) is 6.58 Å². The lowest BCUT2D eigenvalue weighted by Crippen LogP contribution is -2.00. The van der Waals surface area contributed by atoms with E-state index in [2.05, 4.69) is 32.6 Å². The zero-order chi connectivity index (χ0) is 11.3. The van der Waals surface area contributed by atoms with Crippen molar-refractivity contribution >= 4 is 5.78 Å². The van der Waals surface area contributed by atoms with E-state index < -0.39 is 0 Å². The zero-order valence-electron chi connectivity index (χ0n) is 9.49. The van der Waals surface area contributed by atoms with Crippen LogP contribution in [-0.4, -0.2) is 5.78 Å². The standard InChI is InChI=1S/C14H18O/c1-4-5-14(15)10-12-6-8-13(9-7-12)11(2)3/h4,6-9,11H,1,5,10H2,2-3H3. The average Bonchev–Trinajstić information content (AvgIpc) is 2.18. The molecule has 0 radical (unpaired) electrons. The first-order valence-electron chi connectivity index (χ1n) is 5.35. The van der Waals surface area contributed by atoms with Gasteiger partial charge in [-0.25, -0.2) is 0 Å². The SMILES string of the molecule is C=CCC(=O)Cc1ccc(C(C)C)cc1. The van der Waals surface area contributed by atoms with Crippen LogP contribution in [0.15, 0.2) is 36.9 Å². The van der Waals surface area contributed by atoms with Gasteiger partial charge in [0.1, 0.15) is 5.78 Å². The van der Waals surface area contributed by atoms with Crippen LogP contribution in [0.2, 0.25) is 0 Å². The van der Waals surface area contributed by atoms with E-state index >= 15 is 0 Å². The van der Waals surface area contributed by atoms with E-state index in [0.29, 0.717) is 18.8 Å². The van der Waals surface area contributed by atoms with Crippen molar-refractivity contribution in [3.05, 3.63) is 48.0 Å². The fourth-order valence-electron chi connectivity index (χ4n) is 1.48. The van der Waals surface area contributed by atoms with E-state index in [-0.39, 0.29) is 5.78 Å². The second-order valence-electron chi connectivity index (χ2n) is 4.10. The van der Waals surface area contributed by atoms with E-state index in [0.717, 1.165) is 5.56 Å². The molecule has 1 nitrogen and oxygen atoms in total. The van der Waals surface area contributed by atoms with Gasteiger partial charge in [0.15, 0.2) is 0 Å².